The van der Waals surface area contributed by atoms with Crippen molar-refractivity contribution in [1.29, 1.82) is 0 Å². The maximum Gasteiger partial charge on any atom is 0.329 e. The van der Waals surface area contributed by atoms with Gasteiger partial charge in [-0.05, 0) is 13.3 Å². The van der Waals surface area contributed by atoms with E-state index in [1.54, 1.807) is 0 Å². The normalized spacial score (nSPS) is 15.0. The molecule has 0 saturated carbocycles. The van der Waals surface area contributed by atoms with Crippen LogP contribution in [0.1, 0.15) is 26.7 Å². The zero-order valence-electron chi connectivity index (χ0n) is 14.9. The van der Waals surface area contributed by atoms with E-state index in [-0.39, 0.29) is 13.2 Å². The lowest BCUT2D eigenvalue weighted by Gasteiger charge is -2.20. The number of unbranched alkanes of at least 4 members (excludes halogenated alkanes) is 1. The number of ether oxygens (including phenoxy) is 4. The van der Waals surface area contributed by atoms with Crippen molar-refractivity contribution in [3.8, 4) is 0 Å². The summed E-state index contributed by atoms with van der Waals surface area (Å²) in [6, 6.07) is -0.953. The monoisotopic (exact) mass is 357 g/mol. The highest BCUT2D eigenvalue weighted by atomic mass is 16.6. The summed E-state index contributed by atoms with van der Waals surface area (Å²) in [5.41, 5.74) is 0. The second kappa shape index (κ2) is 12.6. The van der Waals surface area contributed by atoms with Gasteiger partial charge >= 0.3 is 5.97 Å². The lowest BCUT2D eigenvalue weighted by atomic mass is 10.3. The summed E-state index contributed by atoms with van der Waals surface area (Å²) in [5.74, 6) is -1.67. The lowest BCUT2D eigenvalue weighted by Crippen LogP contribution is -2.44. The van der Waals surface area contributed by atoms with E-state index >= 15 is 0 Å². The maximum absolute atomic E-state index is 11.8. The minimum absolute atomic E-state index is 0.0486. The van der Waals surface area contributed by atoms with Crippen LogP contribution in [-0.2, 0) is 33.3 Å². The molecule has 0 N–H and O–H groups in total. The van der Waals surface area contributed by atoms with Gasteiger partial charge in [0, 0.05) is 18.8 Å². The van der Waals surface area contributed by atoms with Crippen LogP contribution < -0.4 is 0 Å². The predicted octanol–water partition coefficient (Wildman–Crippen LogP) is 0.693. The van der Waals surface area contributed by atoms with Gasteiger partial charge in [0.25, 0.3) is 11.8 Å². The highest BCUT2D eigenvalue weighted by Gasteiger charge is 2.33. The fourth-order valence-corrected chi connectivity index (χ4v) is 2.01. The molecule has 0 fully saturated rings. The number of amides is 2. The van der Waals surface area contributed by atoms with Crippen LogP contribution in [0.3, 0.4) is 0 Å². The van der Waals surface area contributed by atoms with Crippen LogP contribution >= 0.6 is 0 Å². The molecular weight excluding hydrogens is 330 g/mol. The second-order valence-corrected chi connectivity index (χ2v) is 5.41. The largest absolute Gasteiger partial charge is 0.462 e. The Morgan fingerprint density at radius 1 is 0.920 bits per heavy atom. The van der Waals surface area contributed by atoms with E-state index < -0.39 is 23.8 Å². The Bertz CT molecular complexity index is 446. The molecule has 0 saturated heterocycles. The fraction of sp³-hybridized carbons (Fsp3) is 0.706. The van der Waals surface area contributed by atoms with Crippen molar-refractivity contribution in [3.63, 3.8) is 0 Å². The van der Waals surface area contributed by atoms with Crippen molar-refractivity contribution in [1.82, 2.24) is 4.90 Å². The van der Waals surface area contributed by atoms with Crippen molar-refractivity contribution in [2.45, 2.75) is 32.7 Å². The van der Waals surface area contributed by atoms with Crippen molar-refractivity contribution in [2.75, 3.05) is 46.2 Å². The van der Waals surface area contributed by atoms with Gasteiger partial charge in [0.2, 0.25) is 0 Å². The fourth-order valence-electron chi connectivity index (χ4n) is 2.01. The Kier molecular flexibility index (Phi) is 10.7. The van der Waals surface area contributed by atoms with Crippen molar-refractivity contribution in [2.24, 2.45) is 0 Å². The van der Waals surface area contributed by atoms with Crippen molar-refractivity contribution >= 4 is 17.8 Å². The molecule has 0 aromatic rings. The summed E-state index contributed by atoms with van der Waals surface area (Å²) in [6.45, 7) is 6.48. The molecule has 1 aliphatic heterocycles. The summed E-state index contributed by atoms with van der Waals surface area (Å²) in [4.78, 5) is 35.6. The molecular formula is C17H27NO7. The molecule has 8 heteroatoms. The number of carbonyl (C=O) groups excluding carboxylic acids is 3. The molecule has 25 heavy (non-hydrogen) atoms. The molecule has 0 spiro atoms. The van der Waals surface area contributed by atoms with Crippen LogP contribution in [0.4, 0.5) is 0 Å². The minimum Gasteiger partial charge on any atom is -0.462 e. The topological polar surface area (TPSA) is 91.4 Å². The highest BCUT2D eigenvalue weighted by molar-refractivity contribution is 6.14. The number of hydrogen-bond donors (Lipinski definition) is 0. The zero-order valence-corrected chi connectivity index (χ0v) is 14.9. The van der Waals surface area contributed by atoms with Crippen molar-refractivity contribution in [3.05, 3.63) is 12.2 Å². The van der Waals surface area contributed by atoms with Crippen LogP contribution in [0.25, 0.3) is 0 Å². The number of esters is 1. The smallest absolute Gasteiger partial charge is 0.329 e. The molecule has 1 rings (SSSR count). The molecule has 0 aromatic heterocycles. The van der Waals surface area contributed by atoms with Gasteiger partial charge in [-0.3, -0.25) is 14.5 Å². The van der Waals surface area contributed by atoms with E-state index in [0.717, 1.165) is 36.5 Å². The molecule has 2 amide bonds. The molecule has 0 bridgehead atoms. The van der Waals surface area contributed by atoms with Crippen LogP contribution in [-0.4, -0.2) is 75.0 Å². The standard InChI is InChI=1S/C17H27NO7/c1-3-4-7-22-8-9-23-10-11-24-12-13-25-17(21)14(2)18-15(19)5-6-16(18)20/h5-6,14H,3-4,7-13H2,1-2H3. The number of rotatable bonds is 14. The van der Waals surface area contributed by atoms with Crippen LogP contribution in [0.5, 0.6) is 0 Å². The summed E-state index contributed by atoms with van der Waals surface area (Å²) >= 11 is 0. The van der Waals surface area contributed by atoms with Gasteiger partial charge in [0.05, 0.1) is 33.0 Å². The van der Waals surface area contributed by atoms with Crippen LogP contribution in [0.15, 0.2) is 12.2 Å². The summed E-state index contributed by atoms with van der Waals surface area (Å²) < 4.78 is 20.9. The van der Waals surface area contributed by atoms with Crippen LogP contribution in [0, 0.1) is 0 Å². The minimum atomic E-state index is -0.953. The summed E-state index contributed by atoms with van der Waals surface area (Å²) in [6.07, 6.45) is 4.42. The molecule has 8 nitrogen and oxygen atoms in total. The first kappa shape index (κ1) is 21.3. The number of nitrogens with zero attached hydrogens (tertiary/aromatic N) is 1. The third-order valence-electron chi connectivity index (χ3n) is 3.43. The zero-order chi connectivity index (χ0) is 18.5. The Labute approximate surface area is 148 Å². The van der Waals surface area contributed by atoms with Gasteiger partial charge in [0.1, 0.15) is 12.6 Å². The highest BCUT2D eigenvalue weighted by Crippen LogP contribution is 2.10. The van der Waals surface area contributed by atoms with Gasteiger partial charge in [-0.25, -0.2) is 4.79 Å². The Morgan fingerprint density at radius 3 is 1.92 bits per heavy atom. The first-order valence-electron chi connectivity index (χ1n) is 8.53. The molecule has 1 unspecified atom stereocenters. The van der Waals surface area contributed by atoms with E-state index in [1.165, 1.54) is 6.92 Å². The molecule has 142 valence electrons. The quantitative estimate of drug-likeness (QED) is 0.257. The number of imide groups is 1. The van der Waals surface area contributed by atoms with Crippen LogP contribution in [0.2, 0.25) is 0 Å². The molecule has 0 aromatic carbocycles. The average molecular weight is 357 g/mol. The first-order chi connectivity index (χ1) is 12.1. The molecule has 0 radical (unpaired) electrons. The van der Waals surface area contributed by atoms with E-state index in [2.05, 4.69) is 6.92 Å². The second-order valence-electron chi connectivity index (χ2n) is 5.41. The molecule has 1 atom stereocenters. The van der Waals surface area contributed by atoms with E-state index in [9.17, 15) is 14.4 Å². The van der Waals surface area contributed by atoms with E-state index in [0.29, 0.717) is 26.4 Å². The summed E-state index contributed by atoms with van der Waals surface area (Å²) in [7, 11) is 0. The van der Waals surface area contributed by atoms with E-state index in [1.807, 2.05) is 0 Å². The Balaban J connectivity index is 1.96. The molecule has 1 aliphatic rings. The Hall–Kier alpha value is -1.77. The number of hydrogen-bond acceptors (Lipinski definition) is 7. The third kappa shape index (κ3) is 8.24. The average Bonchev–Trinajstić information content (AvgIpc) is 2.93. The maximum atomic E-state index is 11.8. The van der Waals surface area contributed by atoms with Gasteiger partial charge < -0.3 is 18.9 Å². The third-order valence-corrected chi connectivity index (χ3v) is 3.43. The first-order valence-corrected chi connectivity index (χ1v) is 8.53. The predicted molar refractivity (Wildman–Crippen MR) is 88.8 cm³/mol. The molecule has 0 aliphatic carbocycles. The lowest BCUT2D eigenvalue weighted by molar-refractivity contribution is -0.157. The van der Waals surface area contributed by atoms with E-state index in [4.69, 9.17) is 18.9 Å². The van der Waals surface area contributed by atoms with Gasteiger partial charge in [-0.1, -0.05) is 13.3 Å². The summed E-state index contributed by atoms with van der Waals surface area (Å²) in [5, 5.41) is 0. The van der Waals surface area contributed by atoms with Gasteiger partial charge in [-0.15, -0.1) is 0 Å². The SMILES string of the molecule is CCCCOCCOCCOCCOC(=O)C(C)N1C(=O)C=CC1=O. The molecule has 1 heterocycles. The van der Waals surface area contributed by atoms with Gasteiger partial charge in [0.15, 0.2) is 0 Å². The number of carbonyl (C=O) groups is 3. The van der Waals surface area contributed by atoms with Crippen molar-refractivity contribution < 1.29 is 33.3 Å². The Morgan fingerprint density at radius 2 is 1.40 bits per heavy atom. The van der Waals surface area contributed by atoms with Gasteiger partial charge in [-0.2, -0.15) is 0 Å².